The summed E-state index contributed by atoms with van der Waals surface area (Å²) in [5, 5.41) is 3.16. The lowest BCUT2D eigenvalue weighted by Crippen LogP contribution is -2.58. The van der Waals surface area contributed by atoms with E-state index in [9.17, 15) is 4.79 Å². The second-order valence-corrected chi connectivity index (χ2v) is 3.45. The number of amides is 1. The molecule has 0 spiro atoms. The van der Waals surface area contributed by atoms with Crippen LogP contribution >= 0.6 is 0 Å². The van der Waals surface area contributed by atoms with E-state index in [2.05, 4.69) is 24.1 Å². The van der Waals surface area contributed by atoms with Crippen LogP contribution in [0, 0.1) is 0 Å². The third kappa shape index (κ3) is 1.95. The molecule has 12 heavy (non-hydrogen) atoms. The Labute approximate surface area is 73.1 Å². The zero-order valence-corrected chi connectivity index (χ0v) is 7.71. The van der Waals surface area contributed by atoms with E-state index in [1.807, 2.05) is 0 Å². The number of carbonyl (C=O) groups is 1. The minimum Gasteiger partial charge on any atom is -0.368 e. The summed E-state index contributed by atoms with van der Waals surface area (Å²) < 4.78 is 0. The van der Waals surface area contributed by atoms with Gasteiger partial charge in [-0.2, -0.15) is 0 Å². The molecule has 1 atom stereocenters. The number of piperazine rings is 1. The van der Waals surface area contributed by atoms with Gasteiger partial charge in [0.1, 0.15) is 6.04 Å². The monoisotopic (exact) mass is 171 g/mol. The van der Waals surface area contributed by atoms with Crippen LogP contribution in [0.5, 0.6) is 0 Å². The number of rotatable bonds is 2. The second kappa shape index (κ2) is 3.87. The maximum absolute atomic E-state index is 11.0. The molecule has 1 rings (SSSR count). The molecule has 1 aliphatic rings. The molecule has 1 aliphatic heterocycles. The van der Waals surface area contributed by atoms with Crippen molar-refractivity contribution < 1.29 is 4.79 Å². The molecule has 4 nitrogen and oxygen atoms in total. The van der Waals surface area contributed by atoms with E-state index in [-0.39, 0.29) is 11.9 Å². The smallest absolute Gasteiger partial charge is 0.236 e. The van der Waals surface area contributed by atoms with E-state index in [1.165, 1.54) is 0 Å². The van der Waals surface area contributed by atoms with E-state index < -0.39 is 0 Å². The molecule has 70 valence electrons. The zero-order valence-electron chi connectivity index (χ0n) is 7.71. The van der Waals surface area contributed by atoms with Crippen molar-refractivity contribution in [2.75, 3.05) is 19.6 Å². The Morgan fingerprint density at radius 3 is 2.75 bits per heavy atom. The first-order chi connectivity index (χ1) is 5.63. The van der Waals surface area contributed by atoms with Crippen LogP contribution < -0.4 is 11.1 Å². The zero-order chi connectivity index (χ0) is 9.14. The summed E-state index contributed by atoms with van der Waals surface area (Å²) in [6.45, 7) is 6.71. The fourth-order valence-corrected chi connectivity index (χ4v) is 1.60. The largest absolute Gasteiger partial charge is 0.368 e. The maximum atomic E-state index is 11.0. The van der Waals surface area contributed by atoms with Crippen LogP contribution in [0.3, 0.4) is 0 Å². The average Bonchev–Trinajstić information content (AvgIpc) is 2.04. The predicted octanol–water partition coefficient (Wildman–Crippen LogP) is -0.846. The molecule has 0 aromatic carbocycles. The first kappa shape index (κ1) is 9.48. The normalized spacial score (nSPS) is 26.1. The molecule has 3 N–H and O–H groups in total. The molecular formula is C8H17N3O. The van der Waals surface area contributed by atoms with Gasteiger partial charge >= 0.3 is 0 Å². The van der Waals surface area contributed by atoms with Crippen molar-refractivity contribution in [1.82, 2.24) is 10.2 Å². The highest BCUT2D eigenvalue weighted by atomic mass is 16.1. The molecule has 0 aromatic heterocycles. The van der Waals surface area contributed by atoms with Gasteiger partial charge in [0.25, 0.3) is 0 Å². The van der Waals surface area contributed by atoms with Gasteiger partial charge in [0, 0.05) is 25.7 Å². The van der Waals surface area contributed by atoms with Gasteiger partial charge in [-0.05, 0) is 13.8 Å². The highest BCUT2D eigenvalue weighted by Crippen LogP contribution is 2.07. The fourth-order valence-electron chi connectivity index (χ4n) is 1.60. The van der Waals surface area contributed by atoms with Gasteiger partial charge in [-0.15, -0.1) is 0 Å². The lowest BCUT2D eigenvalue weighted by atomic mass is 10.1. The minimum absolute atomic E-state index is 0.126. The highest BCUT2D eigenvalue weighted by molar-refractivity contribution is 5.80. The van der Waals surface area contributed by atoms with Crippen molar-refractivity contribution in [3.8, 4) is 0 Å². The lowest BCUT2D eigenvalue weighted by molar-refractivity contribution is -0.124. The minimum atomic E-state index is -0.226. The molecule has 0 saturated carbocycles. The Kier molecular flexibility index (Phi) is 3.05. The van der Waals surface area contributed by atoms with Crippen LogP contribution in [0.4, 0.5) is 0 Å². The summed E-state index contributed by atoms with van der Waals surface area (Å²) in [4.78, 5) is 13.1. The molecule has 0 bridgehead atoms. The third-order valence-corrected chi connectivity index (χ3v) is 2.28. The summed E-state index contributed by atoms with van der Waals surface area (Å²) in [5.74, 6) is -0.226. The second-order valence-electron chi connectivity index (χ2n) is 3.45. The average molecular weight is 171 g/mol. The van der Waals surface area contributed by atoms with E-state index in [4.69, 9.17) is 5.73 Å². The molecule has 1 fully saturated rings. The number of primary amides is 1. The van der Waals surface area contributed by atoms with Crippen LogP contribution in [0.15, 0.2) is 0 Å². The summed E-state index contributed by atoms with van der Waals surface area (Å²) >= 11 is 0. The van der Waals surface area contributed by atoms with E-state index in [0.29, 0.717) is 12.6 Å². The first-order valence-electron chi connectivity index (χ1n) is 4.38. The van der Waals surface area contributed by atoms with Crippen LogP contribution in [0.25, 0.3) is 0 Å². The van der Waals surface area contributed by atoms with Crippen molar-refractivity contribution in [3.05, 3.63) is 0 Å². The van der Waals surface area contributed by atoms with Crippen molar-refractivity contribution in [2.24, 2.45) is 5.73 Å². The van der Waals surface area contributed by atoms with Crippen molar-refractivity contribution in [1.29, 1.82) is 0 Å². The number of nitrogens with one attached hydrogen (secondary N) is 1. The van der Waals surface area contributed by atoms with Gasteiger partial charge in [0.2, 0.25) is 5.91 Å². The van der Waals surface area contributed by atoms with Crippen LogP contribution in [0.1, 0.15) is 13.8 Å². The first-order valence-corrected chi connectivity index (χ1v) is 4.38. The number of nitrogens with zero attached hydrogens (tertiary/aromatic N) is 1. The molecule has 0 aliphatic carbocycles. The molecule has 1 saturated heterocycles. The molecule has 0 aromatic rings. The molecular weight excluding hydrogens is 154 g/mol. The molecule has 0 radical (unpaired) electrons. The molecule has 1 amide bonds. The Morgan fingerprint density at radius 2 is 2.33 bits per heavy atom. The van der Waals surface area contributed by atoms with Gasteiger partial charge < -0.3 is 11.1 Å². The van der Waals surface area contributed by atoms with Crippen LogP contribution in [-0.2, 0) is 4.79 Å². The van der Waals surface area contributed by atoms with Crippen molar-refractivity contribution >= 4 is 5.91 Å². The summed E-state index contributed by atoms with van der Waals surface area (Å²) in [7, 11) is 0. The van der Waals surface area contributed by atoms with Crippen molar-refractivity contribution in [3.63, 3.8) is 0 Å². The van der Waals surface area contributed by atoms with E-state index >= 15 is 0 Å². The maximum Gasteiger partial charge on any atom is 0.236 e. The fraction of sp³-hybridized carbons (Fsp3) is 0.875. The molecule has 1 heterocycles. The van der Waals surface area contributed by atoms with Crippen LogP contribution in [0.2, 0.25) is 0 Å². The summed E-state index contributed by atoms with van der Waals surface area (Å²) in [5.41, 5.74) is 5.27. The van der Waals surface area contributed by atoms with Crippen LogP contribution in [-0.4, -0.2) is 42.5 Å². The number of hydrogen-bond acceptors (Lipinski definition) is 3. The Bertz CT molecular complexity index is 170. The number of hydrogen-bond donors (Lipinski definition) is 2. The van der Waals surface area contributed by atoms with Gasteiger partial charge in [0.15, 0.2) is 0 Å². The van der Waals surface area contributed by atoms with Gasteiger partial charge in [-0.1, -0.05) is 0 Å². The Morgan fingerprint density at radius 1 is 1.67 bits per heavy atom. The summed E-state index contributed by atoms with van der Waals surface area (Å²) in [6.07, 6.45) is 0. The van der Waals surface area contributed by atoms with Gasteiger partial charge in [-0.25, -0.2) is 0 Å². The molecule has 4 heteroatoms. The Hall–Kier alpha value is -0.610. The SMILES string of the molecule is CC(C)N1CCNC[C@@H]1C(N)=O. The van der Waals surface area contributed by atoms with E-state index in [0.717, 1.165) is 13.1 Å². The standard InChI is InChI=1S/C8H17N3O/c1-6(2)11-4-3-10-5-7(11)8(9)12/h6-7,10H,3-5H2,1-2H3,(H2,9,12)/t7-/m1/s1. The van der Waals surface area contributed by atoms with E-state index in [1.54, 1.807) is 0 Å². The molecule has 0 unspecified atom stereocenters. The number of carbonyl (C=O) groups excluding carboxylic acids is 1. The Balaban J connectivity index is 2.60. The van der Waals surface area contributed by atoms with Gasteiger partial charge in [-0.3, -0.25) is 9.69 Å². The highest BCUT2D eigenvalue weighted by Gasteiger charge is 2.27. The topological polar surface area (TPSA) is 58.4 Å². The predicted molar refractivity (Wildman–Crippen MR) is 47.7 cm³/mol. The van der Waals surface area contributed by atoms with Gasteiger partial charge in [0.05, 0.1) is 0 Å². The lowest BCUT2D eigenvalue weighted by Gasteiger charge is -2.36. The third-order valence-electron chi connectivity index (χ3n) is 2.28. The van der Waals surface area contributed by atoms with Crippen molar-refractivity contribution in [2.45, 2.75) is 25.9 Å². The number of nitrogens with two attached hydrogens (primary N) is 1. The quantitative estimate of drug-likeness (QED) is 0.569. The summed E-state index contributed by atoms with van der Waals surface area (Å²) in [6, 6.07) is 0.267.